The molecule has 0 aromatic carbocycles. The summed E-state index contributed by atoms with van der Waals surface area (Å²) in [5, 5.41) is 9.49. The second kappa shape index (κ2) is 4.04. The molecule has 1 heterocycles. The molecule has 0 unspecified atom stereocenters. The first-order chi connectivity index (χ1) is 6.15. The Balaban J connectivity index is 2.68. The molecule has 1 rings (SSSR count). The maximum Gasteiger partial charge on any atom is 0.225 e. The van der Waals surface area contributed by atoms with Crippen molar-refractivity contribution in [3.05, 3.63) is 11.4 Å². The van der Waals surface area contributed by atoms with Crippen molar-refractivity contribution < 1.29 is 4.79 Å². The Hall–Kier alpha value is -1.36. The van der Waals surface area contributed by atoms with Gasteiger partial charge in [0.1, 0.15) is 0 Å². The minimum atomic E-state index is -0.0740. The summed E-state index contributed by atoms with van der Waals surface area (Å²) in [4.78, 5) is 11.2. The topological polar surface area (TPSA) is 83.8 Å². The van der Waals surface area contributed by atoms with Crippen LogP contribution in [0, 0.1) is 13.8 Å². The third-order valence-corrected chi connectivity index (χ3v) is 1.76. The lowest BCUT2D eigenvalue weighted by atomic mass is 10.3. The predicted octanol–water partition coefficient (Wildman–Crippen LogP) is 0.314. The summed E-state index contributed by atoms with van der Waals surface area (Å²) >= 11 is 0. The summed E-state index contributed by atoms with van der Waals surface area (Å²) in [7, 11) is 0. The van der Waals surface area contributed by atoms with Crippen LogP contribution in [0.25, 0.3) is 0 Å². The van der Waals surface area contributed by atoms with Crippen LogP contribution in [0.15, 0.2) is 0 Å². The van der Waals surface area contributed by atoms with E-state index >= 15 is 0 Å². The van der Waals surface area contributed by atoms with Crippen molar-refractivity contribution in [2.75, 3.05) is 11.9 Å². The Morgan fingerprint density at radius 2 is 2.31 bits per heavy atom. The van der Waals surface area contributed by atoms with Crippen LogP contribution in [-0.4, -0.2) is 22.6 Å². The highest BCUT2D eigenvalue weighted by Gasteiger charge is 2.08. The Labute approximate surface area is 76.7 Å². The number of amides is 1. The number of nitrogens with two attached hydrogens (primary N) is 1. The van der Waals surface area contributed by atoms with Gasteiger partial charge in [-0.05, 0) is 13.8 Å². The monoisotopic (exact) mass is 182 g/mol. The Bertz CT molecular complexity index is 286. The highest BCUT2D eigenvalue weighted by molar-refractivity contribution is 5.91. The van der Waals surface area contributed by atoms with Gasteiger partial charge in [0.25, 0.3) is 0 Å². The number of hydrogen-bond donors (Lipinski definition) is 3. The lowest BCUT2D eigenvalue weighted by Crippen LogP contribution is -2.16. The van der Waals surface area contributed by atoms with Crippen molar-refractivity contribution in [2.24, 2.45) is 5.73 Å². The van der Waals surface area contributed by atoms with Gasteiger partial charge in [0.2, 0.25) is 5.91 Å². The molecule has 0 bridgehead atoms. The Kier molecular flexibility index (Phi) is 3.02. The van der Waals surface area contributed by atoms with E-state index in [1.807, 2.05) is 13.8 Å². The molecular formula is C8H14N4O. The zero-order valence-corrected chi connectivity index (χ0v) is 7.85. The summed E-state index contributed by atoms with van der Waals surface area (Å²) in [5.41, 5.74) is 7.67. The molecule has 5 heteroatoms. The summed E-state index contributed by atoms with van der Waals surface area (Å²) in [5.74, 6) is -0.0740. The van der Waals surface area contributed by atoms with Crippen molar-refractivity contribution >= 4 is 11.6 Å². The number of anilines is 1. The summed E-state index contributed by atoms with van der Waals surface area (Å²) < 4.78 is 0. The fourth-order valence-corrected chi connectivity index (χ4v) is 1.07. The van der Waals surface area contributed by atoms with E-state index in [-0.39, 0.29) is 5.91 Å². The maximum absolute atomic E-state index is 11.2. The number of aromatic amines is 1. The van der Waals surface area contributed by atoms with Crippen molar-refractivity contribution in [3.63, 3.8) is 0 Å². The standard InChI is InChI=1S/C8H14N4O/c1-5-8(6(2)12-11-5)10-7(13)3-4-9/h3-4,9H2,1-2H3,(H,10,13)(H,11,12). The molecule has 1 aromatic heterocycles. The van der Waals surface area contributed by atoms with Gasteiger partial charge in [0, 0.05) is 13.0 Å². The largest absolute Gasteiger partial charge is 0.330 e. The Morgan fingerprint density at radius 1 is 1.62 bits per heavy atom. The zero-order chi connectivity index (χ0) is 9.84. The van der Waals surface area contributed by atoms with E-state index in [0.717, 1.165) is 17.1 Å². The molecule has 4 N–H and O–H groups in total. The molecule has 0 radical (unpaired) electrons. The molecule has 13 heavy (non-hydrogen) atoms. The maximum atomic E-state index is 11.2. The highest BCUT2D eigenvalue weighted by Crippen LogP contribution is 2.15. The molecule has 0 aliphatic carbocycles. The number of aryl methyl sites for hydroxylation is 2. The van der Waals surface area contributed by atoms with E-state index < -0.39 is 0 Å². The fourth-order valence-electron chi connectivity index (χ4n) is 1.07. The third kappa shape index (κ3) is 2.29. The molecule has 1 amide bonds. The van der Waals surface area contributed by atoms with Crippen molar-refractivity contribution in [2.45, 2.75) is 20.3 Å². The van der Waals surface area contributed by atoms with Crippen LogP contribution in [0.5, 0.6) is 0 Å². The minimum absolute atomic E-state index is 0.0740. The minimum Gasteiger partial charge on any atom is -0.330 e. The quantitative estimate of drug-likeness (QED) is 0.629. The molecule has 0 atom stereocenters. The number of carbonyl (C=O) groups is 1. The number of carbonyl (C=O) groups excluding carboxylic acids is 1. The third-order valence-electron chi connectivity index (χ3n) is 1.76. The first kappa shape index (κ1) is 9.73. The number of hydrogen-bond acceptors (Lipinski definition) is 3. The van der Waals surface area contributed by atoms with Crippen LogP contribution in [0.1, 0.15) is 17.8 Å². The Morgan fingerprint density at radius 3 is 2.77 bits per heavy atom. The van der Waals surface area contributed by atoms with E-state index in [2.05, 4.69) is 15.5 Å². The van der Waals surface area contributed by atoms with Crippen LogP contribution >= 0.6 is 0 Å². The summed E-state index contributed by atoms with van der Waals surface area (Å²) in [6, 6.07) is 0. The van der Waals surface area contributed by atoms with E-state index in [1.54, 1.807) is 0 Å². The lowest BCUT2D eigenvalue weighted by Gasteiger charge is -2.03. The van der Waals surface area contributed by atoms with Gasteiger partial charge < -0.3 is 11.1 Å². The van der Waals surface area contributed by atoms with Gasteiger partial charge in [-0.1, -0.05) is 0 Å². The molecule has 72 valence electrons. The molecule has 5 nitrogen and oxygen atoms in total. The van der Waals surface area contributed by atoms with Crippen LogP contribution in [0.3, 0.4) is 0 Å². The van der Waals surface area contributed by atoms with E-state index in [0.29, 0.717) is 13.0 Å². The van der Waals surface area contributed by atoms with Gasteiger partial charge in [0.15, 0.2) is 0 Å². The van der Waals surface area contributed by atoms with Gasteiger partial charge >= 0.3 is 0 Å². The van der Waals surface area contributed by atoms with Crippen LogP contribution < -0.4 is 11.1 Å². The molecule has 0 fully saturated rings. The van der Waals surface area contributed by atoms with Gasteiger partial charge in [-0.15, -0.1) is 0 Å². The van der Waals surface area contributed by atoms with Crippen LogP contribution in [0.2, 0.25) is 0 Å². The average Bonchev–Trinajstić information content (AvgIpc) is 2.36. The molecule has 0 spiro atoms. The summed E-state index contributed by atoms with van der Waals surface area (Å²) in [6.45, 7) is 4.06. The predicted molar refractivity (Wildman–Crippen MR) is 50.4 cm³/mol. The van der Waals surface area contributed by atoms with Gasteiger partial charge in [0.05, 0.1) is 17.1 Å². The second-order valence-corrected chi connectivity index (χ2v) is 2.90. The molecule has 1 aromatic rings. The molecule has 0 saturated heterocycles. The molecule has 0 saturated carbocycles. The lowest BCUT2D eigenvalue weighted by molar-refractivity contribution is -0.116. The fraction of sp³-hybridized carbons (Fsp3) is 0.500. The number of nitrogens with one attached hydrogen (secondary N) is 2. The van der Waals surface area contributed by atoms with Gasteiger partial charge in [-0.3, -0.25) is 9.89 Å². The molecule has 0 aliphatic rings. The van der Waals surface area contributed by atoms with Crippen molar-refractivity contribution in [3.8, 4) is 0 Å². The van der Waals surface area contributed by atoms with Crippen LogP contribution in [0.4, 0.5) is 5.69 Å². The normalized spacial score (nSPS) is 10.1. The van der Waals surface area contributed by atoms with Gasteiger partial charge in [-0.25, -0.2) is 0 Å². The van der Waals surface area contributed by atoms with Crippen molar-refractivity contribution in [1.29, 1.82) is 0 Å². The zero-order valence-electron chi connectivity index (χ0n) is 7.85. The van der Waals surface area contributed by atoms with E-state index in [1.165, 1.54) is 0 Å². The number of nitrogens with zero attached hydrogens (tertiary/aromatic N) is 1. The SMILES string of the molecule is Cc1n[nH]c(C)c1NC(=O)CCN. The van der Waals surface area contributed by atoms with Crippen LogP contribution in [-0.2, 0) is 4.79 Å². The smallest absolute Gasteiger partial charge is 0.225 e. The summed E-state index contributed by atoms with van der Waals surface area (Å²) in [6.07, 6.45) is 0.337. The van der Waals surface area contributed by atoms with E-state index in [4.69, 9.17) is 5.73 Å². The first-order valence-electron chi connectivity index (χ1n) is 4.16. The molecular weight excluding hydrogens is 168 g/mol. The van der Waals surface area contributed by atoms with Crippen molar-refractivity contribution in [1.82, 2.24) is 10.2 Å². The molecule has 0 aliphatic heterocycles. The number of rotatable bonds is 3. The number of H-pyrrole nitrogens is 1. The first-order valence-corrected chi connectivity index (χ1v) is 4.16. The van der Waals surface area contributed by atoms with E-state index in [9.17, 15) is 4.79 Å². The van der Waals surface area contributed by atoms with Gasteiger partial charge in [-0.2, -0.15) is 5.10 Å². The average molecular weight is 182 g/mol. The number of aromatic nitrogens is 2. The second-order valence-electron chi connectivity index (χ2n) is 2.90. The highest BCUT2D eigenvalue weighted by atomic mass is 16.1.